The molecule has 0 radical (unpaired) electrons. The van der Waals surface area contributed by atoms with Gasteiger partial charge in [0.25, 0.3) is 0 Å². The number of rotatable bonds is 7. The number of likely N-dealkylation sites (tertiary alicyclic amines) is 2. The van der Waals surface area contributed by atoms with E-state index in [-0.39, 0.29) is 17.2 Å². The van der Waals surface area contributed by atoms with Crippen LogP contribution in [0.5, 0.6) is 5.75 Å². The summed E-state index contributed by atoms with van der Waals surface area (Å²) in [7, 11) is 0. The molecule has 0 saturated carbocycles. The summed E-state index contributed by atoms with van der Waals surface area (Å²) in [4.78, 5) is 30.2. The van der Waals surface area contributed by atoms with Gasteiger partial charge < -0.3 is 14.5 Å². The van der Waals surface area contributed by atoms with Gasteiger partial charge in [0.15, 0.2) is 0 Å². The maximum Gasteiger partial charge on any atom is 0.226 e. The van der Waals surface area contributed by atoms with Gasteiger partial charge in [-0.25, -0.2) is 0 Å². The maximum absolute atomic E-state index is 13.2. The molecule has 0 aliphatic carbocycles. The monoisotopic (exact) mass is 448 g/mol. The number of aryl methyl sites for hydroxylation is 1. The van der Waals surface area contributed by atoms with Crippen LogP contribution < -0.4 is 4.74 Å². The number of carbonyl (C=O) groups excluding carboxylic acids is 2. The van der Waals surface area contributed by atoms with E-state index in [0.29, 0.717) is 32.5 Å². The third-order valence-electron chi connectivity index (χ3n) is 7.30. The minimum Gasteiger partial charge on any atom is -0.493 e. The van der Waals surface area contributed by atoms with Gasteiger partial charge in [0.2, 0.25) is 11.8 Å². The number of benzene rings is 2. The van der Waals surface area contributed by atoms with Crippen LogP contribution in [0.15, 0.2) is 54.6 Å². The number of para-hydroxylation sites is 1. The van der Waals surface area contributed by atoms with E-state index >= 15 is 0 Å². The first-order valence-corrected chi connectivity index (χ1v) is 12.3. The summed E-state index contributed by atoms with van der Waals surface area (Å²) in [5.74, 6) is 1.25. The van der Waals surface area contributed by atoms with E-state index in [2.05, 4.69) is 13.0 Å². The third-order valence-corrected chi connectivity index (χ3v) is 7.30. The normalized spacial score (nSPS) is 18.1. The second-order valence-electron chi connectivity index (χ2n) is 9.70. The summed E-state index contributed by atoms with van der Waals surface area (Å²) in [5, 5.41) is 0. The van der Waals surface area contributed by atoms with Crippen molar-refractivity contribution >= 4 is 11.8 Å². The molecular weight excluding hydrogens is 412 g/mol. The van der Waals surface area contributed by atoms with E-state index in [1.54, 1.807) is 0 Å². The van der Waals surface area contributed by atoms with E-state index in [4.69, 9.17) is 4.74 Å². The van der Waals surface area contributed by atoms with Crippen LogP contribution in [0.2, 0.25) is 0 Å². The first kappa shape index (κ1) is 23.3. The molecule has 2 fully saturated rings. The van der Waals surface area contributed by atoms with Gasteiger partial charge in [0.05, 0.1) is 13.0 Å². The molecule has 33 heavy (non-hydrogen) atoms. The summed E-state index contributed by atoms with van der Waals surface area (Å²) in [6.07, 6.45) is 5.93. The Labute approximate surface area is 197 Å². The zero-order chi connectivity index (χ0) is 23.1. The SMILES string of the molecule is Cc1ccccc1CC(=O)N1CCC(COc2ccccc2)(CC(=O)N2CCCCC2)CC1. The standard InChI is InChI=1S/C28H36N2O3/c1-23-10-6-7-11-24(23)20-26(31)30-18-14-28(15-19-30,22-33-25-12-4-2-5-13-25)21-27(32)29-16-8-3-9-17-29/h2,4-7,10-13H,3,8-9,14-22H2,1H3. The predicted octanol–water partition coefficient (Wildman–Crippen LogP) is 4.63. The van der Waals surface area contributed by atoms with Crippen molar-refractivity contribution in [2.24, 2.45) is 5.41 Å². The Morgan fingerprint density at radius 2 is 1.45 bits per heavy atom. The van der Waals surface area contributed by atoms with E-state index in [0.717, 1.165) is 55.6 Å². The van der Waals surface area contributed by atoms with Crippen molar-refractivity contribution in [3.8, 4) is 5.75 Å². The molecular formula is C28H36N2O3. The highest BCUT2D eigenvalue weighted by Crippen LogP contribution is 2.37. The first-order chi connectivity index (χ1) is 16.0. The van der Waals surface area contributed by atoms with Crippen LogP contribution in [0.3, 0.4) is 0 Å². The lowest BCUT2D eigenvalue weighted by Gasteiger charge is -2.42. The molecule has 176 valence electrons. The first-order valence-electron chi connectivity index (χ1n) is 12.3. The highest BCUT2D eigenvalue weighted by Gasteiger charge is 2.39. The van der Waals surface area contributed by atoms with Crippen molar-refractivity contribution in [3.05, 3.63) is 65.7 Å². The fraction of sp³-hybridized carbons (Fsp3) is 0.500. The lowest BCUT2D eigenvalue weighted by atomic mass is 9.75. The van der Waals surface area contributed by atoms with E-state index in [9.17, 15) is 9.59 Å². The van der Waals surface area contributed by atoms with Gasteiger partial charge >= 0.3 is 0 Å². The summed E-state index contributed by atoms with van der Waals surface area (Å²) >= 11 is 0. The molecule has 0 bridgehead atoms. The molecule has 2 aliphatic heterocycles. The number of ether oxygens (including phenoxy) is 1. The van der Waals surface area contributed by atoms with Crippen LogP contribution >= 0.6 is 0 Å². The smallest absolute Gasteiger partial charge is 0.226 e. The molecule has 5 nitrogen and oxygen atoms in total. The van der Waals surface area contributed by atoms with Crippen LogP contribution in [0.25, 0.3) is 0 Å². The predicted molar refractivity (Wildman–Crippen MR) is 130 cm³/mol. The molecule has 0 spiro atoms. The molecule has 2 aliphatic rings. The van der Waals surface area contributed by atoms with Crippen LogP contribution in [0.1, 0.15) is 49.7 Å². The van der Waals surface area contributed by atoms with Gasteiger partial charge in [0.1, 0.15) is 5.75 Å². The second-order valence-corrected chi connectivity index (χ2v) is 9.70. The lowest BCUT2D eigenvalue weighted by Crippen LogP contribution is -2.48. The summed E-state index contributed by atoms with van der Waals surface area (Å²) < 4.78 is 6.17. The average Bonchev–Trinajstić information content (AvgIpc) is 2.86. The number of amides is 2. The Balaban J connectivity index is 1.41. The van der Waals surface area contributed by atoms with E-state index < -0.39 is 0 Å². The molecule has 0 unspecified atom stereocenters. The number of hydrogen-bond acceptors (Lipinski definition) is 3. The molecule has 2 aromatic rings. The number of nitrogens with zero attached hydrogens (tertiary/aromatic N) is 2. The van der Waals surface area contributed by atoms with Crippen LogP contribution in [0.4, 0.5) is 0 Å². The average molecular weight is 449 g/mol. The van der Waals surface area contributed by atoms with Gasteiger partial charge in [-0.1, -0.05) is 42.5 Å². The topological polar surface area (TPSA) is 49.9 Å². The second kappa shape index (κ2) is 10.9. The molecule has 2 aromatic carbocycles. The fourth-order valence-corrected chi connectivity index (χ4v) is 5.01. The summed E-state index contributed by atoms with van der Waals surface area (Å²) in [6, 6.07) is 17.9. The fourth-order valence-electron chi connectivity index (χ4n) is 5.01. The van der Waals surface area contributed by atoms with Crippen molar-refractivity contribution in [1.82, 2.24) is 9.80 Å². The Morgan fingerprint density at radius 1 is 0.818 bits per heavy atom. The largest absolute Gasteiger partial charge is 0.493 e. The van der Waals surface area contributed by atoms with E-state index in [1.165, 1.54) is 6.42 Å². The summed E-state index contributed by atoms with van der Waals surface area (Å²) in [6.45, 7) is 5.66. The van der Waals surface area contributed by atoms with Gasteiger partial charge in [0, 0.05) is 38.0 Å². The highest BCUT2D eigenvalue weighted by molar-refractivity contribution is 5.79. The number of piperidine rings is 2. The molecule has 0 atom stereocenters. The molecule has 2 saturated heterocycles. The van der Waals surface area contributed by atoms with Crippen molar-refractivity contribution in [1.29, 1.82) is 0 Å². The Hall–Kier alpha value is -2.82. The van der Waals surface area contributed by atoms with Crippen molar-refractivity contribution in [2.45, 2.75) is 51.9 Å². The molecule has 5 heteroatoms. The molecule has 0 aromatic heterocycles. The molecule has 2 heterocycles. The quantitative estimate of drug-likeness (QED) is 0.621. The molecule has 2 amide bonds. The van der Waals surface area contributed by atoms with Crippen LogP contribution in [-0.4, -0.2) is 54.4 Å². The lowest BCUT2D eigenvalue weighted by molar-refractivity contribution is -0.138. The van der Waals surface area contributed by atoms with Crippen LogP contribution in [-0.2, 0) is 16.0 Å². The molecule has 4 rings (SSSR count). The number of hydrogen-bond donors (Lipinski definition) is 0. The zero-order valence-electron chi connectivity index (χ0n) is 19.8. The Bertz CT molecular complexity index is 929. The van der Waals surface area contributed by atoms with Crippen molar-refractivity contribution in [3.63, 3.8) is 0 Å². The third kappa shape index (κ3) is 6.16. The van der Waals surface area contributed by atoms with Gasteiger partial charge in [-0.15, -0.1) is 0 Å². The Morgan fingerprint density at radius 3 is 2.15 bits per heavy atom. The van der Waals surface area contributed by atoms with Crippen molar-refractivity contribution < 1.29 is 14.3 Å². The highest BCUT2D eigenvalue weighted by atomic mass is 16.5. The van der Waals surface area contributed by atoms with Crippen molar-refractivity contribution in [2.75, 3.05) is 32.8 Å². The van der Waals surface area contributed by atoms with Gasteiger partial charge in [-0.2, -0.15) is 0 Å². The number of carbonyl (C=O) groups is 2. The molecule has 0 N–H and O–H groups in total. The zero-order valence-corrected chi connectivity index (χ0v) is 19.8. The minimum atomic E-state index is -0.232. The van der Waals surface area contributed by atoms with E-state index in [1.807, 2.05) is 58.3 Å². The van der Waals surface area contributed by atoms with Gasteiger partial charge in [-0.3, -0.25) is 9.59 Å². The Kier molecular flexibility index (Phi) is 7.69. The minimum absolute atomic E-state index is 0.171. The van der Waals surface area contributed by atoms with Gasteiger partial charge in [-0.05, 0) is 62.3 Å². The maximum atomic E-state index is 13.2. The van der Waals surface area contributed by atoms with Crippen LogP contribution in [0, 0.1) is 12.3 Å². The summed E-state index contributed by atoms with van der Waals surface area (Å²) in [5.41, 5.74) is 2.01.